The maximum absolute atomic E-state index is 12.7. The van der Waals surface area contributed by atoms with Crippen molar-refractivity contribution in [1.29, 1.82) is 0 Å². The van der Waals surface area contributed by atoms with Crippen molar-refractivity contribution in [3.05, 3.63) is 28.7 Å². The van der Waals surface area contributed by atoms with E-state index >= 15 is 0 Å². The summed E-state index contributed by atoms with van der Waals surface area (Å²) < 4.78 is 27.5. The first kappa shape index (κ1) is 19.4. The molecule has 2 rings (SSSR count). The van der Waals surface area contributed by atoms with E-state index in [0.29, 0.717) is 37.6 Å². The van der Waals surface area contributed by atoms with Gasteiger partial charge in [0.15, 0.2) is 0 Å². The molecule has 0 saturated carbocycles. The Morgan fingerprint density at radius 1 is 1.29 bits per heavy atom. The van der Waals surface area contributed by atoms with Gasteiger partial charge in [-0.05, 0) is 31.5 Å². The van der Waals surface area contributed by atoms with Crippen molar-refractivity contribution in [3.63, 3.8) is 0 Å². The Balaban J connectivity index is 1.91. The fourth-order valence-electron chi connectivity index (χ4n) is 2.53. The van der Waals surface area contributed by atoms with E-state index in [1.807, 2.05) is 18.7 Å². The normalized spacial score (nSPS) is 18.3. The van der Waals surface area contributed by atoms with Crippen molar-refractivity contribution in [2.24, 2.45) is 0 Å². The number of nitrogens with zero attached hydrogens (tertiary/aromatic N) is 2. The SMILES string of the molecule is CC[C@@H](C)NC(=O)CN1CCN(S(=O)(=O)c2cccc(Br)c2)CC1. The zero-order valence-corrected chi connectivity index (χ0v) is 16.4. The van der Waals surface area contributed by atoms with Crippen LogP contribution in [0.1, 0.15) is 20.3 Å². The monoisotopic (exact) mass is 417 g/mol. The van der Waals surface area contributed by atoms with Crippen LogP contribution in [0, 0.1) is 0 Å². The second-order valence-corrected chi connectivity index (χ2v) is 8.87. The third kappa shape index (κ3) is 5.02. The summed E-state index contributed by atoms with van der Waals surface area (Å²) in [6, 6.07) is 6.89. The maximum Gasteiger partial charge on any atom is 0.243 e. The van der Waals surface area contributed by atoms with Crippen molar-refractivity contribution >= 4 is 31.9 Å². The topological polar surface area (TPSA) is 69.7 Å². The number of amides is 1. The molecule has 0 radical (unpaired) electrons. The zero-order valence-electron chi connectivity index (χ0n) is 14.0. The van der Waals surface area contributed by atoms with Crippen LogP contribution < -0.4 is 5.32 Å². The molecule has 1 aromatic rings. The van der Waals surface area contributed by atoms with Gasteiger partial charge < -0.3 is 5.32 Å². The fourth-order valence-corrected chi connectivity index (χ4v) is 4.55. The molecule has 1 amide bonds. The first-order chi connectivity index (χ1) is 11.3. The number of nitrogens with one attached hydrogen (secondary N) is 1. The molecule has 1 saturated heterocycles. The van der Waals surface area contributed by atoms with E-state index in [2.05, 4.69) is 21.2 Å². The lowest BCUT2D eigenvalue weighted by Crippen LogP contribution is -2.51. The highest BCUT2D eigenvalue weighted by molar-refractivity contribution is 9.10. The lowest BCUT2D eigenvalue weighted by molar-refractivity contribution is -0.123. The molecule has 1 aromatic carbocycles. The standard InChI is InChI=1S/C16H24BrN3O3S/c1-3-13(2)18-16(21)12-19-7-9-20(10-8-19)24(22,23)15-6-4-5-14(17)11-15/h4-6,11,13H,3,7-10,12H2,1-2H3,(H,18,21)/t13-/m1/s1. The minimum absolute atomic E-state index is 0.00681. The molecule has 1 atom stereocenters. The molecule has 8 heteroatoms. The Labute approximate surface area is 152 Å². The molecule has 1 aliphatic heterocycles. The molecule has 6 nitrogen and oxygen atoms in total. The minimum Gasteiger partial charge on any atom is -0.353 e. The number of carbonyl (C=O) groups excluding carboxylic acids is 1. The highest BCUT2D eigenvalue weighted by Gasteiger charge is 2.29. The summed E-state index contributed by atoms with van der Waals surface area (Å²) in [5, 5.41) is 2.93. The van der Waals surface area contributed by atoms with Gasteiger partial charge in [0.1, 0.15) is 0 Å². The van der Waals surface area contributed by atoms with Gasteiger partial charge in [0.05, 0.1) is 11.4 Å². The van der Waals surface area contributed by atoms with E-state index in [4.69, 9.17) is 0 Å². The average Bonchev–Trinajstić information content (AvgIpc) is 2.55. The van der Waals surface area contributed by atoms with Gasteiger partial charge in [0, 0.05) is 36.7 Å². The maximum atomic E-state index is 12.7. The highest BCUT2D eigenvalue weighted by Crippen LogP contribution is 2.21. The van der Waals surface area contributed by atoms with E-state index in [1.165, 1.54) is 4.31 Å². The summed E-state index contributed by atoms with van der Waals surface area (Å²) in [6.07, 6.45) is 0.893. The van der Waals surface area contributed by atoms with Crippen LogP contribution >= 0.6 is 15.9 Å². The molecule has 1 fully saturated rings. The van der Waals surface area contributed by atoms with Crippen LogP contribution in [-0.2, 0) is 14.8 Å². The number of halogens is 1. The van der Waals surface area contributed by atoms with E-state index in [0.717, 1.165) is 10.9 Å². The molecule has 0 unspecified atom stereocenters. The smallest absolute Gasteiger partial charge is 0.243 e. The van der Waals surface area contributed by atoms with Crippen LogP contribution in [0.4, 0.5) is 0 Å². The van der Waals surface area contributed by atoms with E-state index in [-0.39, 0.29) is 11.9 Å². The predicted molar refractivity (Wildman–Crippen MR) is 97.2 cm³/mol. The summed E-state index contributed by atoms with van der Waals surface area (Å²) in [7, 11) is -3.48. The van der Waals surface area contributed by atoms with E-state index < -0.39 is 10.0 Å². The summed E-state index contributed by atoms with van der Waals surface area (Å²) in [6.45, 7) is 6.21. The number of sulfonamides is 1. The Morgan fingerprint density at radius 2 is 1.96 bits per heavy atom. The first-order valence-electron chi connectivity index (χ1n) is 8.10. The zero-order chi connectivity index (χ0) is 17.7. The molecule has 1 heterocycles. The molecule has 0 bridgehead atoms. The van der Waals surface area contributed by atoms with E-state index in [9.17, 15) is 13.2 Å². The minimum atomic E-state index is -3.48. The van der Waals surface area contributed by atoms with Gasteiger partial charge in [-0.25, -0.2) is 8.42 Å². The Hall–Kier alpha value is -0.960. The van der Waals surface area contributed by atoms with Crippen LogP contribution in [0.2, 0.25) is 0 Å². The van der Waals surface area contributed by atoms with Gasteiger partial charge in [-0.1, -0.05) is 28.9 Å². The Bertz CT molecular complexity index is 673. The molecule has 0 aliphatic carbocycles. The quantitative estimate of drug-likeness (QED) is 0.763. The van der Waals surface area contributed by atoms with Crippen molar-refractivity contribution in [3.8, 4) is 0 Å². The second-order valence-electron chi connectivity index (χ2n) is 6.01. The third-order valence-corrected chi connectivity index (χ3v) is 6.54. The molecule has 24 heavy (non-hydrogen) atoms. The van der Waals surface area contributed by atoms with Gasteiger partial charge in [0.25, 0.3) is 0 Å². The average molecular weight is 418 g/mol. The molecular weight excluding hydrogens is 394 g/mol. The molecule has 0 aromatic heterocycles. The summed E-state index contributed by atoms with van der Waals surface area (Å²) in [4.78, 5) is 14.2. The first-order valence-corrected chi connectivity index (χ1v) is 10.3. The summed E-state index contributed by atoms with van der Waals surface area (Å²) >= 11 is 3.31. The van der Waals surface area contributed by atoms with Crippen LogP contribution in [0.25, 0.3) is 0 Å². The number of hydrogen-bond donors (Lipinski definition) is 1. The molecule has 0 spiro atoms. The largest absolute Gasteiger partial charge is 0.353 e. The van der Waals surface area contributed by atoms with Gasteiger partial charge in [0.2, 0.25) is 15.9 Å². The molecule has 1 N–H and O–H groups in total. The fraction of sp³-hybridized carbons (Fsp3) is 0.562. The van der Waals surface area contributed by atoms with E-state index in [1.54, 1.807) is 24.3 Å². The van der Waals surface area contributed by atoms with Gasteiger partial charge >= 0.3 is 0 Å². The number of benzene rings is 1. The summed E-state index contributed by atoms with van der Waals surface area (Å²) in [5.41, 5.74) is 0. The number of rotatable bonds is 6. The number of hydrogen-bond acceptors (Lipinski definition) is 4. The molecule has 134 valence electrons. The van der Waals surface area contributed by atoms with Crippen LogP contribution in [-0.4, -0.2) is 62.3 Å². The lowest BCUT2D eigenvalue weighted by Gasteiger charge is -2.33. The second kappa shape index (κ2) is 8.42. The van der Waals surface area contributed by atoms with Gasteiger partial charge in [-0.15, -0.1) is 0 Å². The lowest BCUT2D eigenvalue weighted by atomic mass is 10.2. The van der Waals surface area contributed by atoms with Crippen LogP contribution in [0.5, 0.6) is 0 Å². The Morgan fingerprint density at radius 3 is 2.54 bits per heavy atom. The number of carbonyl (C=O) groups is 1. The van der Waals surface area contributed by atoms with Crippen molar-refractivity contribution in [2.45, 2.75) is 31.2 Å². The van der Waals surface area contributed by atoms with Gasteiger partial charge in [-0.3, -0.25) is 9.69 Å². The number of piperazine rings is 1. The van der Waals surface area contributed by atoms with Crippen molar-refractivity contribution < 1.29 is 13.2 Å². The highest BCUT2D eigenvalue weighted by atomic mass is 79.9. The molecule has 1 aliphatic rings. The predicted octanol–water partition coefficient (Wildman–Crippen LogP) is 1.67. The van der Waals surface area contributed by atoms with Crippen molar-refractivity contribution in [2.75, 3.05) is 32.7 Å². The van der Waals surface area contributed by atoms with Crippen LogP contribution in [0.3, 0.4) is 0 Å². The third-order valence-electron chi connectivity index (χ3n) is 4.15. The molecular formula is C16H24BrN3O3S. The van der Waals surface area contributed by atoms with Crippen LogP contribution in [0.15, 0.2) is 33.6 Å². The van der Waals surface area contributed by atoms with Crippen molar-refractivity contribution in [1.82, 2.24) is 14.5 Å². The summed E-state index contributed by atoms with van der Waals surface area (Å²) in [5.74, 6) is -0.00681. The van der Waals surface area contributed by atoms with Gasteiger partial charge in [-0.2, -0.15) is 4.31 Å². The Kier molecular flexibility index (Phi) is 6.79.